The van der Waals surface area contributed by atoms with E-state index in [0.29, 0.717) is 0 Å². The molecular formula is C13H19N3O. The summed E-state index contributed by atoms with van der Waals surface area (Å²) in [6.07, 6.45) is 3.87. The average molecular weight is 233 g/mol. The first-order valence-electron chi connectivity index (χ1n) is 6.13. The molecule has 1 aromatic heterocycles. The van der Waals surface area contributed by atoms with Crippen molar-refractivity contribution >= 4 is 11.6 Å². The molecule has 4 nitrogen and oxygen atoms in total. The fourth-order valence-electron chi connectivity index (χ4n) is 2.20. The summed E-state index contributed by atoms with van der Waals surface area (Å²) in [5.74, 6) is 1.35. The third-order valence-electron chi connectivity index (χ3n) is 3.50. The van der Waals surface area contributed by atoms with Crippen LogP contribution in [0.5, 0.6) is 0 Å². The Morgan fingerprint density at radius 1 is 1.41 bits per heavy atom. The molecule has 0 amide bonds. The molecule has 2 heterocycles. The Hall–Kier alpha value is -1.45. The molecule has 1 aromatic rings. The van der Waals surface area contributed by atoms with Gasteiger partial charge in [-0.05, 0) is 33.6 Å². The molecule has 0 bridgehead atoms. The number of carbonyl (C=O) groups excluding carboxylic acids is 1. The summed E-state index contributed by atoms with van der Waals surface area (Å²) in [5.41, 5.74) is 1.93. The number of aromatic nitrogens is 2. The quantitative estimate of drug-likeness (QED) is 0.782. The minimum Gasteiger partial charge on any atom is -0.355 e. The van der Waals surface area contributed by atoms with Gasteiger partial charge in [-0.15, -0.1) is 0 Å². The van der Waals surface area contributed by atoms with Gasteiger partial charge in [-0.25, -0.2) is 4.98 Å². The average Bonchev–Trinajstić information content (AvgIpc) is 2.33. The summed E-state index contributed by atoms with van der Waals surface area (Å²) in [5, 5.41) is 0. The summed E-state index contributed by atoms with van der Waals surface area (Å²) < 4.78 is 0. The van der Waals surface area contributed by atoms with E-state index in [0.717, 1.165) is 43.1 Å². The van der Waals surface area contributed by atoms with E-state index in [2.05, 4.69) is 14.9 Å². The topological polar surface area (TPSA) is 46.1 Å². The molecule has 0 radical (unpaired) electrons. The van der Waals surface area contributed by atoms with Crippen LogP contribution in [0.4, 0.5) is 5.82 Å². The van der Waals surface area contributed by atoms with E-state index in [-0.39, 0.29) is 11.7 Å². The van der Waals surface area contributed by atoms with Crippen LogP contribution in [0.1, 0.15) is 31.2 Å². The smallest absolute Gasteiger partial charge is 0.147 e. The van der Waals surface area contributed by atoms with Gasteiger partial charge in [0.2, 0.25) is 0 Å². The first-order valence-corrected chi connectivity index (χ1v) is 6.13. The molecule has 0 spiro atoms. The van der Waals surface area contributed by atoms with E-state index in [9.17, 15) is 4.79 Å². The van der Waals surface area contributed by atoms with Gasteiger partial charge >= 0.3 is 0 Å². The zero-order chi connectivity index (χ0) is 12.4. The zero-order valence-electron chi connectivity index (χ0n) is 10.7. The normalized spacial score (nSPS) is 20.4. The lowest BCUT2D eigenvalue weighted by Gasteiger charge is -2.32. The molecule has 0 saturated carbocycles. The van der Waals surface area contributed by atoms with Crippen LogP contribution in [0.2, 0.25) is 0 Å². The van der Waals surface area contributed by atoms with Gasteiger partial charge in [-0.1, -0.05) is 0 Å². The summed E-state index contributed by atoms with van der Waals surface area (Å²) >= 11 is 0. The molecule has 0 aliphatic carbocycles. The molecule has 1 aliphatic rings. The monoisotopic (exact) mass is 233 g/mol. The van der Waals surface area contributed by atoms with E-state index in [1.165, 1.54) is 0 Å². The number of ketones is 1. The summed E-state index contributed by atoms with van der Waals surface area (Å²) in [4.78, 5) is 22.5. The van der Waals surface area contributed by atoms with E-state index in [1.54, 1.807) is 6.92 Å². The van der Waals surface area contributed by atoms with E-state index < -0.39 is 0 Å². The molecule has 1 fully saturated rings. The van der Waals surface area contributed by atoms with Crippen molar-refractivity contribution in [3.05, 3.63) is 17.6 Å². The molecule has 2 rings (SSSR count). The maximum absolute atomic E-state index is 11.4. The number of piperidine rings is 1. The van der Waals surface area contributed by atoms with Gasteiger partial charge in [0.05, 0.1) is 17.6 Å². The summed E-state index contributed by atoms with van der Waals surface area (Å²) in [7, 11) is 0. The second-order valence-corrected chi connectivity index (χ2v) is 4.79. The molecular weight excluding hydrogens is 214 g/mol. The Morgan fingerprint density at radius 3 is 2.82 bits per heavy atom. The predicted molar refractivity (Wildman–Crippen MR) is 67.1 cm³/mol. The van der Waals surface area contributed by atoms with Gasteiger partial charge in [0.15, 0.2) is 0 Å². The highest BCUT2D eigenvalue weighted by atomic mass is 16.1. The van der Waals surface area contributed by atoms with Crippen molar-refractivity contribution in [1.29, 1.82) is 0 Å². The van der Waals surface area contributed by atoms with Gasteiger partial charge in [0.25, 0.3) is 0 Å². The molecule has 1 unspecified atom stereocenters. The van der Waals surface area contributed by atoms with Crippen LogP contribution in [0, 0.1) is 19.8 Å². The Kier molecular flexibility index (Phi) is 3.41. The van der Waals surface area contributed by atoms with E-state index >= 15 is 0 Å². The molecule has 92 valence electrons. The number of anilines is 1. The molecule has 4 heteroatoms. The van der Waals surface area contributed by atoms with Gasteiger partial charge in [-0.3, -0.25) is 9.78 Å². The van der Waals surface area contributed by atoms with Crippen LogP contribution in [-0.4, -0.2) is 28.8 Å². The van der Waals surface area contributed by atoms with Crippen LogP contribution in [0.3, 0.4) is 0 Å². The summed E-state index contributed by atoms with van der Waals surface area (Å²) in [6, 6.07) is 0. The number of nitrogens with zero attached hydrogens (tertiary/aromatic N) is 3. The van der Waals surface area contributed by atoms with Crippen molar-refractivity contribution in [3.8, 4) is 0 Å². The first kappa shape index (κ1) is 12.0. The van der Waals surface area contributed by atoms with Gasteiger partial charge in [0.1, 0.15) is 11.6 Å². The molecule has 17 heavy (non-hydrogen) atoms. The van der Waals surface area contributed by atoms with Gasteiger partial charge in [0, 0.05) is 19.0 Å². The Balaban J connectivity index is 2.16. The lowest BCUT2D eigenvalue weighted by Crippen LogP contribution is -2.38. The van der Waals surface area contributed by atoms with Crippen LogP contribution < -0.4 is 4.90 Å². The highest BCUT2D eigenvalue weighted by Crippen LogP contribution is 2.22. The second-order valence-electron chi connectivity index (χ2n) is 4.79. The van der Waals surface area contributed by atoms with E-state index in [1.807, 2.05) is 20.0 Å². The number of hydrogen-bond acceptors (Lipinski definition) is 4. The Labute approximate surface area is 102 Å². The Bertz CT molecular complexity index is 431. The molecule has 1 saturated heterocycles. The molecule has 1 aliphatic heterocycles. The maximum Gasteiger partial charge on any atom is 0.147 e. The highest BCUT2D eigenvalue weighted by Gasteiger charge is 2.24. The molecule has 1 atom stereocenters. The van der Waals surface area contributed by atoms with Gasteiger partial charge < -0.3 is 4.90 Å². The van der Waals surface area contributed by atoms with Crippen LogP contribution in [0.15, 0.2) is 6.20 Å². The first-order chi connectivity index (χ1) is 8.08. The fourth-order valence-corrected chi connectivity index (χ4v) is 2.20. The van der Waals surface area contributed by atoms with Crippen molar-refractivity contribution in [2.75, 3.05) is 18.0 Å². The summed E-state index contributed by atoms with van der Waals surface area (Å²) in [6.45, 7) is 7.37. The number of hydrogen-bond donors (Lipinski definition) is 0. The minimum atomic E-state index is 0.159. The standard InChI is InChI=1S/C13H19N3O/c1-9-10(2)15-13(7-14-9)16-6-4-5-12(8-16)11(3)17/h7,12H,4-6,8H2,1-3H3. The van der Waals surface area contributed by atoms with Crippen molar-refractivity contribution in [2.24, 2.45) is 5.92 Å². The number of aryl methyl sites for hydroxylation is 2. The molecule has 0 N–H and O–H groups in total. The van der Waals surface area contributed by atoms with Crippen molar-refractivity contribution in [1.82, 2.24) is 9.97 Å². The minimum absolute atomic E-state index is 0.159. The van der Waals surface area contributed by atoms with Crippen molar-refractivity contribution in [3.63, 3.8) is 0 Å². The van der Waals surface area contributed by atoms with Crippen molar-refractivity contribution < 1.29 is 4.79 Å². The maximum atomic E-state index is 11.4. The van der Waals surface area contributed by atoms with Crippen LogP contribution in [-0.2, 0) is 4.79 Å². The van der Waals surface area contributed by atoms with E-state index in [4.69, 9.17) is 0 Å². The third kappa shape index (κ3) is 2.62. The van der Waals surface area contributed by atoms with Crippen LogP contribution in [0.25, 0.3) is 0 Å². The second kappa shape index (κ2) is 4.82. The number of carbonyl (C=O) groups is 1. The highest BCUT2D eigenvalue weighted by molar-refractivity contribution is 5.79. The largest absolute Gasteiger partial charge is 0.355 e. The Morgan fingerprint density at radius 2 is 2.18 bits per heavy atom. The number of Topliss-reactive ketones (excluding diaryl/α,β-unsaturated/α-hetero) is 1. The zero-order valence-corrected chi connectivity index (χ0v) is 10.7. The lowest BCUT2D eigenvalue weighted by molar-refractivity contribution is -0.120. The SMILES string of the molecule is CC(=O)C1CCCN(c2cnc(C)c(C)n2)C1. The van der Waals surface area contributed by atoms with Gasteiger partial charge in [-0.2, -0.15) is 0 Å². The predicted octanol–water partition coefficient (Wildman–Crippen LogP) is 1.90. The third-order valence-corrected chi connectivity index (χ3v) is 3.50. The van der Waals surface area contributed by atoms with Crippen LogP contribution >= 0.6 is 0 Å². The lowest BCUT2D eigenvalue weighted by atomic mass is 9.95. The number of rotatable bonds is 2. The molecule has 0 aromatic carbocycles. The van der Waals surface area contributed by atoms with Crippen molar-refractivity contribution in [2.45, 2.75) is 33.6 Å². The fraction of sp³-hybridized carbons (Fsp3) is 0.615.